The molecule has 3 heteroatoms. The van der Waals surface area contributed by atoms with Gasteiger partial charge in [0.05, 0.1) is 6.61 Å². The summed E-state index contributed by atoms with van der Waals surface area (Å²) in [6.45, 7) is 3.65. The number of ether oxygens (including phenoxy) is 1. The zero-order valence-corrected chi connectivity index (χ0v) is 8.54. The molecule has 0 radical (unpaired) electrons. The van der Waals surface area contributed by atoms with Crippen molar-refractivity contribution in [3.8, 4) is 0 Å². The van der Waals surface area contributed by atoms with Gasteiger partial charge in [-0.2, -0.15) is 0 Å². The molecule has 1 rings (SSSR count). The predicted molar refractivity (Wildman–Crippen MR) is 53.8 cm³/mol. The highest BCUT2D eigenvalue weighted by Gasteiger charge is 1.81. The third-order valence-electron chi connectivity index (χ3n) is 1.08. The lowest BCUT2D eigenvalue weighted by Crippen LogP contribution is -1.95. The number of esters is 1. The van der Waals surface area contributed by atoms with Crippen LogP contribution in [0.2, 0.25) is 5.02 Å². The van der Waals surface area contributed by atoms with Crippen LogP contribution >= 0.6 is 11.6 Å². The van der Waals surface area contributed by atoms with Crippen LogP contribution in [0.3, 0.4) is 0 Å². The smallest absolute Gasteiger partial charge is 0.302 e. The first-order valence-electron chi connectivity index (χ1n) is 4.00. The number of hydrogen-bond acceptors (Lipinski definition) is 2. The maximum absolute atomic E-state index is 9.82. The molecule has 0 atom stereocenters. The second kappa shape index (κ2) is 7.62. The lowest BCUT2D eigenvalue weighted by atomic mass is 10.4. The molecule has 1 aromatic rings. The van der Waals surface area contributed by atoms with Gasteiger partial charge < -0.3 is 4.74 Å². The fraction of sp³-hybridized carbons (Fsp3) is 0.300. The van der Waals surface area contributed by atoms with Gasteiger partial charge in [0.2, 0.25) is 0 Å². The van der Waals surface area contributed by atoms with Crippen LogP contribution in [0.25, 0.3) is 0 Å². The third-order valence-corrected chi connectivity index (χ3v) is 1.33. The van der Waals surface area contributed by atoms with Gasteiger partial charge in [-0.25, -0.2) is 0 Å². The Kier molecular flexibility index (Phi) is 7.02. The van der Waals surface area contributed by atoms with E-state index in [0.717, 1.165) is 5.02 Å². The molecule has 0 spiro atoms. The van der Waals surface area contributed by atoms with E-state index in [1.807, 2.05) is 30.3 Å². The zero-order chi connectivity index (χ0) is 10.1. The van der Waals surface area contributed by atoms with Crippen LogP contribution in [-0.2, 0) is 9.53 Å². The molecule has 72 valence electrons. The monoisotopic (exact) mass is 200 g/mol. The van der Waals surface area contributed by atoms with Crippen molar-refractivity contribution in [2.75, 3.05) is 6.61 Å². The van der Waals surface area contributed by atoms with Crippen molar-refractivity contribution in [3.63, 3.8) is 0 Å². The SMILES string of the molecule is CCOC(C)=O.Clc1ccccc1. The Morgan fingerprint density at radius 1 is 1.38 bits per heavy atom. The molecule has 0 heterocycles. The Balaban J connectivity index is 0.000000226. The van der Waals surface area contributed by atoms with Gasteiger partial charge in [-0.15, -0.1) is 0 Å². The number of halogens is 1. The van der Waals surface area contributed by atoms with E-state index in [1.54, 1.807) is 6.92 Å². The van der Waals surface area contributed by atoms with Gasteiger partial charge in [0.15, 0.2) is 0 Å². The molecule has 0 aliphatic rings. The summed E-state index contributed by atoms with van der Waals surface area (Å²) in [7, 11) is 0. The van der Waals surface area contributed by atoms with Crippen LogP contribution in [0.4, 0.5) is 0 Å². The minimum atomic E-state index is -0.211. The van der Waals surface area contributed by atoms with Gasteiger partial charge >= 0.3 is 5.97 Å². The van der Waals surface area contributed by atoms with Crippen LogP contribution in [0.5, 0.6) is 0 Å². The van der Waals surface area contributed by atoms with Crippen LogP contribution in [0, 0.1) is 0 Å². The summed E-state index contributed by atoms with van der Waals surface area (Å²) in [4.78, 5) is 9.82. The van der Waals surface area contributed by atoms with E-state index < -0.39 is 0 Å². The Hall–Kier alpha value is -1.02. The van der Waals surface area contributed by atoms with Gasteiger partial charge in [0.1, 0.15) is 0 Å². The maximum Gasteiger partial charge on any atom is 0.302 e. The average Bonchev–Trinajstić information content (AvgIpc) is 2.06. The molecule has 0 bridgehead atoms. The molecule has 2 nitrogen and oxygen atoms in total. The average molecular weight is 201 g/mol. The number of carbonyl (C=O) groups is 1. The minimum absolute atomic E-state index is 0.211. The van der Waals surface area contributed by atoms with E-state index in [-0.39, 0.29) is 5.97 Å². The summed E-state index contributed by atoms with van der Waals surface area (Å²) in [5.41, 5.74) is 0. The summed E-state index contributed by atoms with van der Waals surface area (Å²) < 4.78 is 4.40. The first kappa shape index (κ1) is 12.0. The molecular formula is C10H13ClO2. The van der Waals surface area contributed by atoms with Crippen molar-refractivity contribution >= 4 is 17.6 Å². The second-order valence-corrected chi connectivity index (χ2v) is 2.66. The van der Waals surface area contributed by atoms with Gasteiger partial charge in [-0.3, -0.25) is 4.79 Å². The van der Waals surface area contributed by atoms with Crippen LogP contribution in [-0.4, -0.2) is 12.6 Å². The molecule has 13 heavy (non-hydrogen) atoms. The van der Waals surface area contributed by atoms with Crippen molar-refractivity contribution < 1.29 is 9.53 Å². The van der Waals surface area contributed by atoms with Crippen LogP contribution in [0.1, 0.15) is 13.8 Å². The van der Waals surface area contributed by atoms with E-state index in [2.05, 4.69) is 4.74 Å². The maximum atomic E-state index is 9.82. The molecule has 0 saturated carbocycles. The van der Waals surface area contributed by atoms with E-state index >= 15 is 0 Å². The number of benzene rings is 1. The Morgan fingerprint density at radius 3 is 2.08 bits per heavy atom. The highest BCUT2D eigenvalue weighted by molar-refractivity contribution is 6.30. The standard InChI is InChI=1S/C6H5Cl.C4H8O2/c7-6-4-2-1-3-5-6;1-3-6-4(2)5/h1-5H;3H2,1-2H3. The molecule has 1 aromatic carbocycles. The molecule has 0 fully saturated rings. The Labute approximate surface area is 83.5 Å². The topological polar surface area (TPSA) is 26.3 Å². The first-order valence-corrected chi connectivity index (χ1v) is 4.38. The predicted octanol–water partition coefficient (Wildman–Crippen LogP) is 2.91. The quantitative estimate of drug-likeness (QED) is 0.652. The fourth-order valence-electron chi connectivity index (χ4n) is 0.618. The Bertz CT molecular complexity index is 234. The summed E-state index contributed by atoms with van der Waals surface area (Å²) in [5.74, 6) is -0.211. The number of hydrogen-bond donors (Lipinski definition) is 0. The Morgan fingerprint density at radius 2 is 1.92 bits per heavy atom. The van der Waals surface area contributed by atoms with E-state index in [1.165, 1.54) is 6.92 Å². The normalized spacial score (nSPS) is 8.23. The zero-order valence-electron chi connectivity index (χ0n) is 7.79. The molecule has 0 aliphatic carbocycles. The van der Waals surface area contributed by atoms with Crippen LogP contribution < -0.4 is 0 Å². The number of rotatable bonds is 1. The number of carbonyl (C=O) groups excluding carboxylic acids is 1. The van der Waals surface area contributed by atoms with Crippen molar-refractivity contribution in [1.29, 1.82) is 0 Å². The highest BCUT2D eigenvalue weighted by atomic mass is 35.5. The van der Waals surface area contributed by atoms with Crippen LogP contribution in [0.15, 0.2) is 30.3 Å². The van der Waals surface area contributed by atoms with Crippen molar-refractivity contribution in [2.45, 2.75) is 13.8 Å². The highest BCUT2D eigenvalue weighted by Crippen LogP contribution is 2.03. The molecule has 0 saturated heterocycles. The summed E-state index contributed by atoms with van der Waals surface area (Å²) in [6.07, 6.45) is 0. The fourth-order valence-corrected chi connectivity index (χ4v) is 0.763. The first-order chi connectivity index (χ1) is 6.16. The molecule has 0 amide bonds. The summed E-state index contributed by atoms with van der Waals surface area (Å²) in [6, 6.07) is 9.44. The van der Waals surface area contributed by atoms with E-state index in [0.29, 0.717) is 6.61 Å². The minimum Gasteiger partial charge on any atom is -0.466 e. The molecule has 0 aliphatic heterocycles. The summed E-state index contributed by atoms with van der Waals surface area (Å²) >= 11 is 5.54. The van der Waals surface area contributed by atoms with Gasteiger partial charge in [0.25, 0.3) is 0 Å². The molecule has 0 unspecified atom stereocenters. The molecular weight excluding hydrogens is 188 g/mol. The van der Waals surface area contributed by atoms with Crippen molar-refractivity contribution in [2.24, 2.45) is 0 Å². The lowest BCUT2D eigenvalue weighted by Gasteiger charge is -1.89. The van der Waals surface area contributed by atoms with Crippen molar-refractivity contribution in [1.82, 2.24) is 0 Å². The van der Waals surface area contributed by atoms with Crippen molar-refractivity contribution in [3.05, 3.63) is 35.4 Å². The van der Waals surface area contributed by atoms with Gasteiger partial charge in [-0.1, -0.05) is 29.8 Å². The molecule has 0 N–H and O–H groups in total. The largest absolute Gasteiger partial charge is 0.466 e. The lowest BCUT2D eigenvalue weighted by molar-refractivity contribution is -0.140. The second-order valence-electron chi connectivity index (χ2n) is 2.22. The van der Waals surface area contributed by atoms with E-state index in [9.17, 15) is 4.79 Å². The van der Waals surface area contributed by atoms with Gasteiger partial charge in [-0.05, 0) is 19.1 Å². The summed E-state index contributed by atoms with van der Waals surface area (Å²) in [5, 5.41) is 0.794. The third kappa shape index (κ3) is 8.89. The molecule has 0 aromatic heterocycles. The van der Waals surface area contributed by atoms with E-state index in [4.69, 9.17) is 11.6 Å². The van der Waals surface area contributed by atoms with Gasteiger partial charge in [0, 0.05) is 11.9 Å².